The van der Waals surface area contributed by atoms with Gasteiger partial charge in [0.1, 0.15) is 17.7 Å². The van der Waals surface area contributed by atoms with E-state index < -0.39 is 0 Å². The molecule has 2 heterocycles. The predicted molar refractivity (Wildman–Crippen MR) is 76.2 cm³/mol. The van der Waals surface area contributed by atoms with Crippen molar-refractivity contribution < 1.29 is 0 Å². The van der Waals surface area contributed by atoms with E-state index in [9.17, 15) is 0 Å². The van der Waals surface area contributed by atoms with Gasteiger partial charge in [0.05, 0.1) is 0 Å². The molecule has 5 heteroatoms. The highest BCUT2D eigenvalue weighted by Gasteiger charge is 2.39. The first-order chi connectivity index (χ1) is 9.33. The van der Waals surface area contributed by atoms with Gasteiger partial charge in [0.15, 0.2) is 11.5 Å². The van der Waals surface area contributed by atoms with Gasteiger partial charge >= 0.3 is 0 Å². The topological polar surface area (TPSA) is 66.5 Å². The van der Waals surface area contributed by atoms with E-state index in [1.807, 2.05) is 0 Å². The Kier molecular flexibility index (Phi) is 3.36. The van der Waals surface area contributed by atoms with E-state index >= 15 is 0 Å². The zero-order chi connectivity index (χ0) is 13.2. The van der Waals surface area contributed by atoms with Crippen molar-refractivity contribution in [1.82, 2.24) is 19.9 Å². The van der Waals surface area contributed by atoms with Crippen LogP contribution in [-0.2, 0) is 0 Å². The zero-order valence-electron chi connectivity index (χ0n) is 11.6. The lowest BCUT2D eigenvalue weighted by atomic mass is 10.1. The van der Waals surface area contributed by atoms with E-state index in [2.05, 4.69) is 39.1 Å². The molecule has 0 aliphatic heterocycles. The average Bonchev–Trinajstić information content (AvgIpc) is 3.06. The highest BCUT2D eigenvalue weighted by molar-refractivity contribution is 5.82. The van der Waals surface area contributed by atoms with Gasteiger partial charge < -0.3 is 10.3 Å². The summed E-state index contributed by atoms with van der Waals surface area (Å²) in [5, 5.41) is 3.25. The lowest BCUT2D eigenvalue weighted by Crippen LogP contribution is -2.00. The van der Waals surface area contributed by atoms with Crippen LogP contribution in [0.4, 0.5) is 5.82 Å². The molecule has 2 atom stereocenters. The van der Waals surface area contributed by atoms with Gasteiger partial charge in [-0.2, -0.15) is 0 Å². The fourth-order valence-electron chi connectivity index (χ4n) is 2.69. The summed E-state index contributed by atoms with van der Waals surface area (Å²) in [7, 11) is 0. The van der Waals surface area contributed by atoms with E-state index in [1.165, 1.54) is 25.7 Å². The third-order valence-corrected chi connectivity index (χ3v) is 3.85. The van der Waals surface area contributed by atoms with Crippen LogP contribution in [0.1, 0.15) is 51.3 Å². The van der Waals surface area contributed by atoms with Crippen molar-refractivity contribution >= 4 is 17.0 Å². The van der Waals surface area contributed by atoms with Crippen LogP contribution in [0.2, 0.25) is 0 Å². The molecular weight excluding hydrogens is 238 g/mol. The number of nitrogens with one attached hydrogen (secondary N) is 2. The van der Waals surface area contributed by atoms with E-state index in [-0.39, 0.29) is 0 Å². The number of imidazole rings is 1. The quantitative estimate of drug-likeness (QED) is 0.836. The number of aromatic nitrogens is 4. The minimum Gasteiger partial charge on any atom is -0.368 e. The third-order valence-electron chi connectivity index (χ3n) is 3.85. The molecule has 1 fully saturated rings. The van der Waals surface area contributed by atoms with Gasteiger partial charge in [0.25, 0.3) is 0 Å². The molecule has 5 nitrogen and oxygen atoms in total. The van der Waals surface area contributed by atoms with Crippen LogP contribution in [0.25, 0.3) is 11.2 Å². The van der Waals surface area contributed by atoms with E-state index in [0.717, 1.165) is 35.3 Å². The molecule has 2 unspecified atom stereocenters. The summed E-state index contributed by atoms with van der Waals surface area (Å²) in [6.07, 6.45) is 6.77. The predicted octanol–water partition coefficient (Wildman–Crippen LogP) is 3.08. The summed E-state index contributed by atoms with van der Waals surface area (Å²) in [5.41, 5.74) is 1.72. The molecule has 0 amide bonds. The molecule has 102 valence electrons. The standard InChI is InChI=1S/C14H21N5/c1-3-5-6-9-7-10(9)12-18-11-13(15-4-2)16-8-17-14(11)19-12/h8-10H,3-7H2,1-2H3,(H2,15,16,17,18,19). The Morgan fingerprint density at radius 2 is 2.26 bits per heavy atom. The van der Waals surface area contributed by atoms with E-state index in [0.29, 0.717) is 5.92 Å². The Bertz CT molecular complexity index is 562. The molecule has 2 aromatic heterocycles. The maximum Gasteiger partial charge on any atom is 0.183 e. The van der Waals surface area contributed by atoms with E-state index in [4.69, 9.17) is 0 Å². The van der Waals surface area contributed by atoms with Crippen molar-refractivity contribution in [3.63, 3.8) is 0 Å². The molecule has 0 radical (unpaired) electrons. The van der Waals surface area contributed by atoms with Crippen molar-refractivity contribution in [3.8, 4) is 0 Å². The Balaban J connectivity index is 1.81. The highest BCUT2D eigenvalue weighted by Crippen LogP contribution is 2.49. The van der Waals surface area contributed by atoms with Gasteiger partial charge in [-0.15, -0.1) is 0 Å². The van der Waals surface area contributed by atoms with E-state index in [1.54, 1.807) is 6.33 Å². The van der Waals surface area contributed by atoms with Gasteiger partial charge in [0, 0.05) is 12.5 Å². The number of unbranched alkanes of at least 4 members (excludes halogenated alkanes) is 1. The molecule has 1 aliphatic rings. The summed E-state index contributed by atoms with van der Waals surface area (Å²) in [6, 6.07) is 0. The fourth-order valence-corrected chi connectivity index (χ4v) is 2.69. The number of fused-ring (bicyclic) bond motifs is 1. The number of nitrogens with zero attached hydrogens (tertiary/aromatic N) is 3. The van der Waals surface area contributed by atoms with Crippen LogP contribution in [-0.4, -0.2) is 26.5 Å². The number of rotatable bonds is 6. The Morgan fingerprint density at radius 1 is 1.37 bits per heavy atom. The molecule has 2 aromatic rings. The largest absolute Gasteiger partial charge is 0.368 e. The lowest BCUT2D eigenvalue weighted by molar-refractivity contribution is 0.634. The number of anilines is 1. The second-order valence-corrected chi connectivity index (χ2v) is 5.32. The minimum atomic E-state index is 0.607. The van der Waals surface area contributed by atoms with Crippen LogP contribution < -0.4 is 5.32 Å². The second-order valence-electron chi connectivity index (χ2n) is 5.32. The molecule has 0 bridgehead atoms. The van der Waals surface area contributed by atoms with Crippen LogP contribution in [0.15, 0.2) is 6.33 Å². The van der Waals surface area contributed by atoms with Crippen LogP contribution in [0, 0.1) is 5.92 Å². The monoisotopic (exact) mass is 259 g/mol. The number of H-pyrrole nitrogens is 1. The molecule has 0 aromatic carbocycles. The third kappa shape index (κ3) is 2.41. The normalized spacial score (nSPS) is 21.8. The number of aromatic amines is 1. The number of hydrogen-bond donors (Lipinski definition) is 2. The summed E-state index contributed by atoms with van der Waals surface area (Å²) in [6.45, 7) is 5.16. The molecule has 19 heavy (non-hydrogen) atoms. The van der Waals surface area contributed by atoms with Crippen LogP contribution in [0.3, 0.4) is 0 Å². The highest BCUT2D eigenvalue weighted by atomic mass is 15.1. The van der Waals surface area contributed by atoms with Crippen molar-refractivity contribution in [3.05, 3.63) is 12.2 Å². The van der Waals surface area contributed by atoms with Crippen LogP contribution >= 0.6 is 0 Å². The average molecular weight is 259 g/mol. The first-order valence-electron chi connectivity index (χ1n) is 7.28. The summed E-state index contributed by atoms with van der Waals surface area (Å²) < 4.78 is 0. The fraction of sp³-hybridized carbons (Fsp3) is 0.643. The molecule has 2 N–H and O–H groups in total. The minimum absolute atomic E-state index is 0.607. The van der Waals surface area contributed by atoms with Gasteiger partial charge in [0.2, 0.25) is 0 Å². The van der Waals surface area contributed by atoms with Crippen molar-refractivity contribution in [1.29, 1.82) is 0 Å². The maximum atomic E-state index is 4.63. The molecular formula is C14H21N5. The summed E-state index contributed by atoms with van der Waals surface area (Å²) in [4.78, 5) is 16.6. The Morgan fingerprint density at radius 3 is 3.05 bits per heavy atom. The molecule has 3 rings (SSSR count). The van der Waals surface area contributed by atoms with Crippen molar-refractivity contribution in [2.75, 3.05) is 11.9 Å². The number of hydrogen-bond acceptors (Lipinski definition) is 4. The summed E-state index contributed by atoms with van der Waals surface area (Å²) >= 11 is 0. The molecule has 1 aliphatic carbocycles. The lowest BCUT2D eigenvalue weighted by Gasteiger charge is -2.00. The van der Waals surface area contributed by atoms with Gasteiger partial charge in [-0.3, -0.25) is 0 Å². The second kappa shape index (κ2) is 5.15. The maximum absolute atomic E-state index is 4.63. The molecule has 0 saturated heterocycles. The molecule has 0 spiro atoms. The first kappa shape index (κ1) is 12.4. The Labute approximate surface area is 113 Å². The van der Waals surface area contributed by atoms with Gasteiger partial charge in [-0.1, -0.05) is 19.8 Å². The zero-order valence-corrected chi connectivity index (χ0v) is 11.6. The Hall–Kier alpha value is -1.65. The SMILES string of the molecule is CCCCC1CC1c1nc2ncnc(NCC)c2[nH]1. The van der Waals surface area contributed by atoms with Crippen molar-refractivity contribution in [2.24, 2.45) is 5.92 Å². The first-order valence-corrected chi connectivity index (χ1v) is 7.28. The molecule has 1 saturated carbocycles. The summed E-state index contributed by atoms with van der Waals surface area (Å²) in [5.74, 6) is 3.37. The van der Waals surface area contributed by atoms with Gasteiger partial charge in [-0.25, -0.2) is 15.0 Å². The smallest absolute Gasteiger partial charge is 0.183 e. The van der Waals surface area contributed by atoms with Crippen LogP contribution in [0.5, 0.6) is 0 Å². The van der Waals surface area contributed by atoms with Gasteiger partial charge in [-0.05, 0) is 25.7 Å². The van der Waals surface area contributed by atoms with Crippen molar-refractivity contribution in [2.45, 2.75) is 45.4 Å².